The van der Waals surface area contributed by atoms with Gasteiger partial charge in [-0.15, -0.1) is 0 Å². The molecule has 0 aliphatic carbocycles. The molecule has 0 aromatic heterocycles. The summed E-state index contributed by atoms with van der Waals surface area (Å²) < 4.78 is 5.31. The van der Waals surface area contributed by atoms with E-state index in [1.807, 2.05) is 18.2 Å². The van der Waals surface area contributed by atoms with Gasteiger partial charge in [-0.1, -0.05) is 18.8 Å². The van der Waals surface area contributed by atoms with Gasteiger partial charge in [0.15, 0.2) is 0 Å². The Morgan fingerprint density at radius 1 is 1.19 bits per heavy atom. The van der Waals surface area contributed by atoms with Gasteiger partial charge in [0.25, 0.3) is 0 Å². The zero-order valence-electron chi connectivity index (χ0n) is 12.9. The Labute approximate surface area is 127 Å². The summed E-state index contributed by atoms with van der Waals surface area (Å²) in [6, 6.07) is 5.94. The molecule has 2 rings (SSSR count). The molecule has 1 heterocycles. The fraction of sp³-hybridized carbons (Fsp3) is 0.529. The molecule has 0 saturated carbocycles. The van der Waals surface area contributed by atoms with Crippen molar-refractivity contribution in [3.05, 3.63) is 29.3 Å². The molecule has 1 aliphatic rings. The SMILES string of the molecule is CCN1CCN(Cc2cc(OC)ccc2C#CCO)CC1. The minimum absolute atomic E-state index is 0.110. The highest BCUT2D eigenvalue weighted by Crippen LogP contribution is 2.19. The summed E-state index contributed by atoms with van der Waals surface area (Å²) in [5.74, 6) is 6.62. The Balaban J connectivity index is 2.10. The predicted molar refractivity (Wildman–Crippen MR) is 84.3 cm³/mol. The molecule has 4 nitrogen and oxygen atoms in total. The number of hydrogen-bond acceptors (Lipinski definition) is 4. The molecule has 0 unspecified atom stereocenters. The van der Waals surface area contributed by atoms with Crippen LogP contribution in [-0.4, -0.2) is 61.3 Å². The van der Waals surface area contributed by atoms with Gasteiger partial charge < -0.3 is 14.7 Å². The van der Waals surface area contributed by atoms with Gasteiger partial charge in [0.05, 0.1) is 7.11 Å². The molecule has 1 fully saturated rings. The topological polar surface area (TPSA) is 35.9 Å². The van der Waals surface area contributed by atoms with Gasteiger partial charge in [0, 0.05) is 38.3 Å². The molecular formula is C17H24N2O2. The second-order valence-electron chi connectivity index (χ2n) is 5.19. The maximum Gasteiger partial charge on any atom is 0.119 e. The first kappa shape index (κ1) is 15.8. The highest BCUT2D eigenvalue weighted by atomic mass is 16.5. The Morgan fingerprint density at radius 3 is 2.52 bits per heavy atom. The van der Waals surface area contributed by atoms with E-state index < -0.39 is 0 Å². The number of piperazine rings is 1. The molecule has 0 radical (unpaired) electrons. The number of likely N-dealkylation sites (N-methyl/N-ethyl adjacent to an activating group) is 1. The number of hydrogen-bond donors (Lipinski definition) is 1. The molecule has 4 heteroatoms. The summed E-state index contributed by atoms with van der Waals surface area (Å²) in [5.41, 5.74) is 2.14. The van der Waals surface area contributed by atoms with E-state index in [-0.39, 0.29) is 6.61 Å². The third-order valence-corrected chi connectivity index (χ3v) is 3.92. The highest BCUT2D eigenvalue weighted by Gasteiger charge is 2.16. The van der Waals surface area contributed by atoms with E-state index in [2.05, 4.69) is 28.6 Å². The average molecular weight is 288 g/mol. The molecule has 1 aromatic carbocycles. The van der Waals surface area contributed by atoms with Crippen LogP contribution >= 0.6 is 0 Å². The van der Waals surface area contributed by atoms with Crippen LogP contribution < -0.4 is 4.74 Å². The molecule has 1 aliphatic heterocycles. The number of aliphatic hydroxyl groups is 1. The molecule has 114 valence electrons. The van der Waals surface area contributed by atoms with Crippen molar-refractivity contribution in [1.29, 1.82) is 0 Å². The van der Waals surface area contributed by atoms with Gasteiger partial charge >= 0.3 is 0 Å². The second-order valence-corrected chi connectivity index (χ2v) is 5.19. The van der Waals surface area contributed by atoms with Crippen molar-refractivity contribution < 1.29 is 9.84 Å². The maximum absolute atomic E-state index is 8.88. The second kappa shape index (κ2) is 8.04. The Bertz CT molecular complexity index is 511. The van der Waals surface area contributed by atoms with E-state index in [4.69, 9.17) is 9.84 Å². The Hall–Kier alpha value is -1.54. The number of methoxy groups -OCH3 is 1. The molecule has 21 heavy (non-hydrogen) atoms. The van der Waals surface area contributed by atoms with Crippen molar-refractivity contribution in [1.82, 2.24) is 9.80 Å². The van der Waals surface area contributed by atoms with Gasteiger partial charge in [-0.2, -0.15) is 0 Å². The number of benzene rings is 1. The minimum Gasteiger partial charge on any atom is -0.497 e. The van der Waals surface area contributed by atoms with Crippen LogP contribution in [0.1, 0.15) is 18.1 Å². The Morgan fingerprint density at radius 2 is 1.90 bits per heavy atom. The third-order valence-electron chi connectivity index (χ3n) is 3.92. The van der Waals surface area contributed by atoms with Crippen molar-refractivity contribution in [2.45, 2.75) is 13.5 Å². The van der Waals surface area contributed by atoms with Crippen LogP contribution in [0.3, 0.4) is 0 Å². The lowest BCUT2D eigenvalue weighted by Crippen LogP contribution is -2.45. The summed E-state index contributed by atoms with van der Waals surface area (Å²) in [6.45, 7) is 8.51. The van der Waals surface area contributed by atoms with Crippen LogP contribution in [0.4, 0.5) is 0 Å². The number of nitrogens with zero attached hydrogens (tertiary/aromatic N) is 2. The number of ether oxygens (including phenoxy) is 1. The van der Waals surface area contributed by atoms with Crippen LogP contribution in [0, 0.1) is 11.8 Å². The van der Waals surface area contributed by atoms with Gasteiger partial charge in [0.1, 0.15) is 12.4 Å². The first-order valence-electron chi connectivity index (χ1n) is 7.48. The van der Waals surface area contributed by atoms with E-state index in [1.54, 1.807) is 7.11 Å². The van der Waals surface area contributed by atoms with E-state index in [0.717, 1.165) is 50.6 Å². The van der Waals surface area contributed by atoms with Crippen LogP contribution in [-0.2, 0) is 6.54 Å². The molecule has 0 amide bonds. The fourth-order valence-electron chi connectivity index (χ4n) is 2.59. The van der Waals surface area contributed by atoms with Crippen LogP contribution in [0.25, 0.3) is 0 Å². The lowest BCUT2D eigenvalue weighted by molar-refractivity contribution is 0.132. The summed E-state index contributed by atoms with van der Waals surface area (Å²) >= 11 is 0. The smallest absolute Gasteiger partial charge is 0.119 e. The van der Waals surface area contributed by atoms with E-state index in [0.29, 0.717) is 0 Å². The average Bonchev–Trinajstić information content (AvgIpc) is 2.54. The van der Waals surface area contributed by atoms with Crippen molar-refractivity contribution in [2.24, 2.45) is 0 Å². The van der Waals surface area contributed by atoms with Crippen LogP contribution in [0.2, 0.25) is 0 Å². The molecule has 0 atom stereocenters. The van der Waals surface area contributed by atoms with E-state index in [1.165, 1.54) is 5.56 Å². The van der Waals surface area contributed by atoms with Crippen LogP contribution in [0.15, 0.2) is 18.2 Å². The molecule has 1 N–H and O–H groups in total. The Kier molecular flexibility index (Phi) is 6.06. The van der Waals surface area contributed by atoms with Crippen molar-refractivity contribution >= 4 is 0 Å². The summed E-state index contributed by atoms with van der Waals surface area (Å²) in [5, 5.41) is 8.88. The summed E-state index contributed by atoms with van der Waals surface area (Å²) in [7, 11) is 1.68. The van der Waals surface area contributed by atoms with Gasteiger partial charge in [-0.3, -0.25) is 4.90 Å². The normalized spacial score (nSPS) is 16.3. The molecular weight excluding hydrogens is 264 g/mol. The molecule has 1 saturated heterocycles. The minimum atomic E-state index is -0.110. The van der Waals surface area contributed by atoms with Crippen LogP contribution in [0.5, 0.6) is 5.75 Å². The molecule has 0 spiro atoms. The zero-order chi connectivity index (χ0) is 15.1. The van der Waals surface area contributed by atoms with Gasteiger partial charge in [-0.25, -0.2) is 0 Å². The third kappa shape index (κ3) is 4.47. The van der Waals surface area contributed by atoms with Crippen molar-refractivity contribution in [2.75, 3.05) is 46.4 Å². The first-order chi connectivity index (χ1) is 10.3. The lowest BCUT2D eigenvalue weighted by atomic mass is 10.1. The quantitative estimate of drug-likeness (QED) is 0.844. The zero-order valence-corrected chi connectivity index (χ0v) is 12.9. The first-order valence-corrected chi connectivity index (χ1v) is 7.48. The number of aliphatic hydroxyl groups excluding tert-OH is 1. The molecule has 0 bridgehead atoms. The monoisotopic (exact) mass is 288 g/mol. The highest BCUT2D eigenvalue weighted by molar-refractivity contribution is 5.45. The predicted octanol–water partition coefficient (Wildman–Crippen LogP) is 1.18. The van der Waals surface area contributed by atoms with Gasteiger partial charge in [0.2, 0.25) is 0 Å². The summed E-state index contributed by atoms with van der Waals surface area (Å²) in [4.78, 5) is 4.92. The lowest BCUT2D eigenvalue weighted by Gasteiger charge is -2.34. The van der Waals surface area contributed by atoms with E-state index >= 15 is 0 Å². The van der Waals surface area contributed by atoms with E-state index in [9.17, 15) is 0 Å². The van der Waals surface area contributed by atoms with Crippen molar-refractivity contribution in [3.63, 3.8) is 0 Å². The fourth-order valence-corrected chi connectivity index (χ4v) is 2.59. The molecule has 1 aromatic rings. The maximum atomic E-state index is 8.88. The standard InChI is InChI=1S/C17H24N2O2/c1-3-18-8-10-19(11-9-18)14-16-13-17(21-2)7-6-15(16)5-4-12-20/h6-7,13,20H,3,8-12,14H2,1-2H3. The van der Waals surface area contributed by atoms with Crippen molar-refractivity contribution in [3.8, 4) is 17.6 Å². The largest absolute Gasteiger partial charge is 0.497 e. The number of rotatable bonds is 4. The summed E-state index contributed by atoms with van der Waals surface area (Å²) in [6.07, 6.45) is 0. The van der Waals surface area contributed by atoms with Gasteiger partial charge in [-0.05, 0) is 30.3 Å².